The van der Waals surface area contributed by atoms with Crippen LogP contribution in [-0.4, -0.2) is 61.6 Å². The Morgan fingerprint density at radius 2 is 1.80 bits per heavy atom. The van der Waals surface area contributed by atoms with Gasteiger partial charge >= 0.3 is 0 Å². The summed E-state index contributed by atoms with van der Waals surface area (Å²) in [5, 5.41) is 3.09. The molecule has 1 aromatic carbocycles. The highest BCUT2D eigenvalue weighted by Crippen LogP contribution is 2.22. The minimum absolute atomic E-state index is 0.134. The quantitative estimate of drug-likeness (QED) is 0.822. The summed E-state index contributed by atoms with van der Waals surface area (Å²) >= 11 is 0. The van der Waals surface area contributed by atoms with Crippen LogP contribution in [0.2, 0.25) is 0 Å². The molecule has 0 radical (unpaired) electrons. The van der Waals surface area contributed by atoms with Crippen LogP contribution in [-0.2, 0) is 11.3 Å². The third kappa shape index (κ3) is 6.01. The fourth-order valence-electron chi connectivity index (χ4n) is 3.05. The highest BCUT2D eigenvalue weighted by atomic mass is 16.5. The van der Waals surface area contributed by atoms with Crippen molar-refractivity contribution < 1.29 is 9.53 Å². The van der Waals surface area contributed by atoms with Crippen molar-refractivity contribution in [3.63, 3.8) is 0 Å². The molecule has 0 spiro atoms. The molecule has 140 valence electrons. The predicted octanol–water partition coefficient (Wildman–Crippen LogP) is 2.28. The van der Waals surface area contributed by atoms with Gasteiger partial charge in [-0.2, -0.15) is 0 Å². The van der Waals surface area contributed by atoms with E-state index in [1.54, 1.807) is 7.11 Å². The molecule has 0 bridgehead atoms. The summed E-state index contributed by atoms with van der Waals surface area (Å²) in [6.07, 6.45) is 0. The molecule has 5 nitrogen and oxygen atoms in total. The normalized spacial score (nSPS) is 17.5. The summed E-state index contributed by atoms with van der Waals surface area (Å²) < 4.78 is 5.48. The maximum Gasteiger partial charge on any atom is 0.234 e. The number of ether oxygens (including phenoxy) is 1. The van der Waals surface area contributed by atoms with Gasteiger partial charge in [0.2, 0.25) is 5.91 Å². The molecule has 0 saturated carbocycles. The van der Waals surface area contributed by atoms with Gasteiger partial charge in [-0.25, -0.2) is 0 Å². The van der Waals surface area contributed by atoms with E-state index in [0.29, 0.717) is 12.5 Å². The molecule has 0 aromatic heterocycles. The van der Waals surface area contributed by atoms with E-state index >= 15 is 0 Å². The lowest BCUT2D eigenvalue weighted by molar-refractivity contribution is -0.123. The number of hydrogen-bond acceptors (Lipinski definition) is 4. The number of benzene rings is 1. The minimum atomic E-state index is 0.134. The van der Waals surface area contributed by atoms with Crippen molar-refractivity contribution in [1.29, 1.82) is 0 Å². The second-order valence-corrected chi connectivity index (χ2v) is 7.47. The van der Waals surface area contributed by atoms with Crippen molar-refractivity contribution in [3.05, 3.63) is 29.3 Å². The molecule has 1 N–H and O–H groups in total. The van der Waals surface area contributed by atoms with Crippen molar-refractivity contribution in [3.8, 4) is 5.75 Å². The third-order valence-corrected chi connectivity index (χ3v) is 5.05. The molecule has 2 rings (SSSR count). The molecule has 1 fully saturated rings. The number of piperazine rings is 1. The lowest BCUT2D eigenvalue weighted by Crippen LogP contribution is -2.50. The average molecular weight is 348 g/mol. The summed E-state index contributed by atoms with van der Waals surface area (Å²) in [5.74, 6) is 1.55. The van der Waals surface area contributed by atoms with Crippen LogP contribution in [0.3, 0.4) is 0 Å². The van der Waals surface area contributed by atoms with E-state index in [9.17, 15) is 4.79 Å². The first kappa shape index (κ1) is 19.7. The monoisotopic (exact) mass is 347 g/mol. The number of nitrogens with one attached hydrogen (secondary N) is 1. The Morgan fingerprint density at radius 3 is 2.40 bits per heavy atom. The number of amides is 1. The third-order valence-electron chi connectivity index (χ3n) is 5.05. The standard InChI is InChI=1S/C20H33N3O2/c1-15(2)17(4)21-20(24)14-23-10-8-22(9-11-23)13-18-12-16(3)6-7-19(18)25-5/h6-7,12,15,17H,8-11,13-14H2,1-5H3,(H,21,24)/t17-/m0/s1. The van der Waals surface area contributed by atoms with Crippen molar-refractivity contribution in [2.45, 2.75) is 40.3 Å². The summed E-state index contributed by atoms with van der Waals surface area (Å²) in [6, 6.07) is 6.55. The van der Waals surface area contributed by atoms with Crippen LogP contribution >= 0.6 is 0 Å². The van der Waals surface area contributed by atoms with Crippen LogP contribution < -0.4 is 10.1 Å². The first-order valence-corrected chi connectivity index (χ1v) is 9.26. The molecule has 1 aromatic rings. The van der Waals surface area contributed by atoms with Crippen LogP contribution in [0.5, 0.6) is 5.75 Å². The summed E-state index contributed by atoms with van der Waals surface area (Å²) in [6.45, 7) is 13.6. The van der Waals surface area contributed by atoms with Gasteiger partial charge in [0.05, 0.1) is 13.7 Å². The fraction of sp³-hybridized carbons (Fsp3) is 0.650. The van der Waals surface area contributed by atoms with Crippen molar-refractivity contribution in [2.24, 2.45) is 5.92 Å². The van der Waals surface area contributed by atoms with E-state index in [0.717, 1.165) is 38.5 Å². The second kappa shape index (κ2) is 9.20. The van der Waals surface area contributed by atoms with Crippen molar-refractivity contribution >= 4 is 5.91 Å². The molecule has 5 heteroatoms. The molecule has 1 atom stereocenters. The van der Waals surface area contributed by atoms with Crippen LogP contribution in [0.1, 0.15) is 31.9 Å². The van der Waals surface area contributed by atoms with E-state index in [-0.39, 0.29) is 11.9 Å². The summed E-state index contributed by atoms with van der Waals surface area (Å²) in [4.78, 5) is 16.8. The highest BCUT2D eigenvalue weighted by molar-refractivity contribution is 5.78. The highest BCUT2D eigenvalue weighted by Gasteiger charge is 2.21. The van der Waals surface area contributed by atoms with Crippen LogP contribution in [0, 0.1) is 12.8 Å². The van der Waals surface area contributed by atoms with Crippen LogP contribution in [0.4, 0.5) is 0 Å². The van der Waals surface area contributed by atoms with E-state index in [1.807, 2.05) is 6.07 Å². The number of aryl methyl sites for hydroxylation is 1. The number of nitrogens with zero attached hydrogens (tertiary/aromatic N) is 2. The lowest BCUT2D eigenvalue weighted by atomic mass is 10.1. The molecule has 25 heavy (non-hydrogen) atoms. The molecular formula is C20H33N3O2. The van der Waals surface area contributed by atoms with Gasteiger partial charge in [0.15, 0.2) is 0 Å². The number of methoxy groups -OCH3 is 1. The van der Waals surface area contributed by atoms with E-state index in [2.05, 4.69) is 54.9 Å². The Balaban J connectivity index is 1.80. The number of hydrogen-bond donors (Lipinski definition) is 1. The van der Waals surface area contributed by atoms with E-state index in [4.69, 9.17) is 4.74 Å². The average Bonchev–Trinajstić information content (AvgIpc) is 2.56. The molecule has 1 aliphatic heterocycles. The van der Waals surface area contributed by atoms with Gasteiger partial charge in [-0.3, -0.25) is 14.6 Å². The number of rotatable bonds is 7. The van der Waals surface area contributed by atoms with Crippen LogP contribution in [0.15, 0.2) is 18.2 Å². The number of carbonyl (C=O) groups is 1. The van der Waals surface area contributed by atoms with Gasteiger partial charge in [-0.05, 0) is 25.8 Å². The van der Waals surface area contributed by atoms with E-state index in [1.165, 1.54) is 11.1 Å². The zero-order valence-electron chi connectivity index (χ0n) is 16.3. The molecular weight excluding hydrogens is 314 g/mol. The molecule has 1 aliphatic rings. The zero-order chi connectivity index (χ0) is 18.4. The van der Waals surface area contributed by atoms with E-state index < -0.39 is 0 Å². The first-order valence-electron chi connectivity index (χ1n) is 9.26. The van der Waals surface area contributed by atoms with Gasteiger partial charge in [0.1, 0.15) is 5.75 Å². The largest absolute Gasteiger partial charge is 0.496 e. The summed E-state index contributed by atoms with van der Waals surface area (Å²) in [7, 11) is 1.73. The molecule has 1 heterocycles. The lowest BCUT2D eigenvalue weighted by Gasteiger charge is -2.34. The SMILES string of the molecule is COc1ccc(C)cc1CN1CCN(CC(=O)N[C@@H](C)C(C)C)CC1. The number of carbonyl (C=O) groups excluding carboxylic acids is 1. The maximum absolute atomic E-state index is 12.1. The maximum atomic E-state index is 12.1. The Hall–Kier alpha value is -1.59. The Kier molecular flexibility index (Phi) is 7.26. The molecule has 1 amide bonds. The second-order valence-electron chi connectivity index (χ2n) is 7.47. The van der Waals surface area contributed by atoms with Gasteiger partial charge in [-0.15, -0.1) is 0 Å². The Bertz CT molecular complexity index is 566. The summed E-state index contributed by atoms with van der Waals surface area (Å²) in [5.41, 5.74) is 2.49. The first-order chi connectivity index (χ1) is 11.9. The van der Waals surface area contributed by atoms with Gasteiger partial charge in [0.25, 0.3) is 0 Å². The predicted molar refractivity (Wildman–Crippen MR) is 102 cm³/mol. The smallest absolute Gasteiger partial charge is 0.234 e. The van der Waals surface area contributed by atoms with Gasteiger partial charge < -0.3 is 10.1 Å². The zero-order valence-corrected chi connectivity index (χ0v) is 16.3. The Morgan fingerprint density at radius 1 is 1.16 bits per heavy atom. The fourth-order valence-corrected chi connectivity index (χ4v) is 3.05. The van der Waals surface area contributed by atoms with Gasteiger partial charge in [-0.1, -0.05) is 31.5 Å². The topological polar surface area (TPSA) is 44.8 Å². The molecule has 0 aliphatic carbocycles. The van der Waals surface area contributed by atoms with Crippen LogP contribution in [0.25, 0.3) is 0 Å². The molecule has 0 unspecified atom stereocenters. The molecule has 1 saturated heterocycles. The van der Waals surface area contributed by atoms with Gasteiger partial charge in [0, 0.05) is 44.3 Å². The Labute approximate surface area is 152 Å². The van der Waals surface area contributed by atoms with Crippen molar-refractivity contribution in [2.75, 3.05) is 39.8 Å². The van der Waals surface area contributed by atoms with Crippen molar-refractivity contribution in [1.82, 2.24) is 15.1 Å². The minimum Gasteiger partial charge on any atom is -0.496 e.